The minimum absolute atomic E-state index is 0.500. The second-order valence-electron chi connectivity index (χ2n) is 4.40. The maximum atomic E-state index is 3.58. The van der Waals surface area contributed by atoms with E-state index in [-0.39, 0.29) is 0 Å². The first-order valence-electron chi connectivity index (χ1n) is 5.74. The molecule has 1 aromatic rings. The Morgan fingerprint density at radius 3 is 2.93 bits per heavy atom. The van der Waals surface area contributed by atoms with Gasteiger partial charge in [0.2, 0.25) is 0 Å². The van der Waals surface area contributed by atoms with Crippen molar-refractivity contribution in [1.29, 1.82) is 0 Å². The molecule has 1 heterocycles. The van der Waals surface area contributed by atoms with Gasteiger partial charge in [-0.1, -0.05) is 12.8 Å². The molecule has 0 bridgehead atoms. The number of nitrogens with one attached hydrogen (secondary N) is 1. The van der Waals surface area contributed by atoms with Crippen LogP contribution in [0.1, 0.15) is 43.5 Å². The van der Waals surface area contributed by atoms with E-state index in [1.165, 1.54) is 34.3 Å². The molecule has 0 aliphatic heterocycles. The van der Waals surface area contributed by atoms with E-state index in [1.807, 2.05) is 11.3 Å². The van der Waals surface area contributed by atoms with E-state index < -0.39 is 0 Å². The van der Waals surface area contributed by atoms with Crippen LogP contribution < -0.4 is 5.32 Å². The highest BCUT2D eigenvalue weighted by Gasteiger charge is 2.20. The Bertz CT molecular complexity index is 306. The van der Waals surface area contributed by atoms with Crippen molar-refractivity contribution in [3.63, 3.8) is 0 Å². The molecular formula is C12H18BrNS. The molecule has 3 heteroatoms. The highest BCUT2D eigenvalue weighted by atomic mass is 79.9. The highest BCUT2D eigenvalue weighted by Crippen LogP contribution is 2.33. The summed E-state index contributed by atoms with van der Waals surface area (Å²) in [4.78, 5) is 1.42. The van der Waals surface area contributed by atoms with Crippen LogP contribution in [0.5, 0.6) is 0 Å². The zero-order valence-corrected chi connectivity index (χ0v) is 11.5. The van der Waals surface area contributed by atoms with Crippen molar-refractivity contribution in [1.82, 2.24) is 5.32 Å². The van der Waals surface area contributed by atoms with E-state index in [4.69, 9.17) is 0 Å². The molecule has 84 valence electrons. The van der Waals surface area contributed by atoms with Gasteiger partial charge in [-0.2, -0.15) is 0 Å². The largest absolute Gasteiger partial charge is 0.309 e. The molecule has 0 radical (unpaired) electrons. The summed E-state index contributed by atoms with van der Waals surface area (Å²) >= 11 is 5.33. The topological polar surface area (TPSA) is 12.0 Å². The average Bonchev–Trinajstić information content (AvgIpc) is 2.94. The van der Waals surface area contributed by atoms with E-state index >= 15 is 0 Å². The number of halogens is 1. The fourth-order valence-electron chi connectivity index (χ4n) is 1.78. The van der Waals surface area contributed by atoms with Gasteiger partial charge >= 0.3 is 0 Å². The average molecular weight is 288 g/mol. The van der Waals surface area contributed by atoms with Crippen molar-refractivity contribution < 1.29 is 0 Å². The van der Waals surface area contributed by atoms with Gasteiger partial charge in [0.25, 0.3) is 0 Å². The van der Waals surface area contributed by atoms with E-state index in [9.17, 15) is 0 Å². The number of hydrogen-bond donors (Lipinski definition) is 1. The lowest BCUT2D eigenvalue weighted by Gasteiger charge is -2.11. The number of thiophene rings is 1. The summed E-state index contributed by atoms with van der Waals surface area (Å²) in [5, 5.41) is 3.58. The van der Waals surface area contributed by atoms with Crippen molar-refractivity contribution in [2.24, 2.45) is 5.92 Å². The van der Waals surface area contributed by atoms with Crippen LogP contribution in [0.3, 0.4) is 0 Å². The zero-order valence-electron chi connectivity index (χ0n) is 9.13. The lowest BCUT2D eigenvalue weighted by molar-refractivity contribution is 0.538. The van der Waals surface area contributed by atoms with E-state index in [1.54, 1.807) is 0 Å². The third-order valence-electron chi connectivity index (χ3n) is 2.96. The lowest BCUT2D eigenvalue weighted by Crippen LogP contribution is -2.19. The Hall–Kier alpha value is 0.140. The molecule has 15 heavy (non-hydrogen) atoms. The summed E-state index contributed by atoms with van der Waals surface area (Å²) in [7, 11) is 0. The Labute approximate surface area is 104 Å². The summed E-state index contributed by atoms with van der Waals surface area (Å²) in [5.41, 5.74) is 0. The molecule has 1 aliphatic rings. The van der Waals surface area contributed by atoms with Crippen molar-refractivity contribution in [2.75, 3.05) is 6.54 Å². The molecule has 1 N–H and O–H groups in total. The summed E-state index contributed by atoms with van der Waals surface area (Å²) in [6.45, 7) is 3.41. The fourth-order valence-corrected chi connectivity index (χ4v) is 3.23. The number of hydrogen-bond acceptors (Lipinski definition) is 2. The molecule has 0 amide bonds. The minimum atomic E-state index is 0.500. The second-order valence-corrected chi connectivity index (χ2v) is 6.90. The van der Waals surface area contributed by atoms with Crippen LogP contribution in [0, 0.1) is 5.92 Å². The highest BCUT2D eigenvalue weighted by molar-refractivity contribution is 9.11. The van der Waals surface area contributed by atoms with Gasteiger partial charge in [-0.25, -0.2) is 0 Å². The molecule has 0 aromatic carbocycles. The quantitative estimate of drug-likeness (QED) is 0.767. The van der Waals surface area contributed by atoms with Crippen molar-refractivity contribution in [3.8, 4) is 0 Å². The Balaban J connectivity index is 1.64. The predicted octanol–water partition coefficient (Wildman–Crippen LogP) is 4.35. The molecule has 1 saturated carbocycles. The van der Waals surface area contributed by atoms with Gasteiger partial charge in [-0.05, 0) is 60.3 Å². The summed E-state index contributed by atoms with van der Waals surface area (Å²) in [6, 6.07) is 4.83. The summed E-state index contributed by atoms with van der Waals surface area (Å²) in [5.74, 6) is 1.07. The summed E-state index contributed by atoms with van der Waals surface area (Å²) < 4.78 is 1.23. The maximum absolute atomic E-state index is 3.58. The van der Waals surface area contributed by atoms with Crippen molar-refractivity contribution >= 4 is 27.3 Å². The Morgan fingerprint density at radius 2 is 2.33 bits per heavy atom. The van der Waals surface area contributed by atoms with E-state index in [2.05, 4.69) is 40.3 Å². The molecule has 0 spiro atoms. The van der Waals surface area contributed by atoms with Crippen molar-refractivity contribution in [3.05, 3.63) is 20.8 Å². The van der Waals surface area contributed by atoms with Crippen LogP contribution in [0.25, 0.3) is 0 Å². The van der Waals surface area contributed by atoms with Gasteiger partial charge in [0.05, 0.1) is 3.79 Å². The standard InChI is InChI=1S/C12H18BrNS/c1-9(11-6-7-12(13)15-11)14-8-2-3-10-4-5-10/h6-7,9-10,14H,2-5,8H2,1H3. The van der Waals surface area contributed by atoms with Gasteiger partial charge in [-0.3, -0.25) is 0 Å². The minimum Gasteiger partial charge on any atom is -0.309 e. The van der Waals surface area contributed by atoms with Gasteiger partial charge in [0.1, 0.15) is 0 Å². The van der Waals surface area contributed by atoms with Gasteiger partial charge < -0.3 is 5.32 Å². The molecule has 1 unspecified atom stereocenters. The first-order valence-corrected chi connectivity index (χ1v) is 7.35. The third-order valence-corrected chi connectivity index (χ3v) is 4.76. The van der Waals surface area contributed by atoms with Crippen LogP contribution in [0.4, 0.5) is 0 Å². The third kappa shape index (κ3) is 3.89. The fraction of sp³-hybridized carbons (Fsp3) is 0.667. The smallest absolute Gasteiger partial charge is 0.0701 e. The second kappa shape index (κ2) is 5.46. The van der Waals surface area contributed by atoms with Gasteiger partial charge in [0.15, 0.2) is 0 Å². The van der Waals surface area contributed by atoms with Crippen LogP contribution in [0.2, 0.25) is 0 Å². The molecule has 1 atom stereocenters. The monoisotopic (exact) mass is 287 g/mol. The van der Waals surface area contributed by atoms with Crippen LogP contribution >= 0.6 is 27.3 Å². The molecule has 1 aromatic heterocycles. The van der Waals surface area contributed by atoms with Gasteiger partial charge in [0, 0.05) is 10.9 Å². The molecule has 1 fully saturated rings. The van der Waals surface area contributed by atoms with Crippen LogP contribution in [-0.4, -0.2) is 6.54 Å². The van der Waals surface area contributed by atoms with Gasteiger partial charge in [-0.15, -0.1) is 11.3 Å². The molecule has 0 saturated heterocycles. The van der Waals surface area contributed by atoms with Crippen LogP contribution in [-0.2, 0) is 0 Å². The van der Waals surface area contributed by atoms with Crippen LogP contribution in [0.15, 0.2) is 15.9 Å². The van der Waals surface area contributed by atoms with Crippen molar-refractivity contribution in [2.45, 2.75) is 38.6 Å². The maximum Gasteiger partial charge on any atom is 0.0701 e. The lowest BCUT2D eigenvalue weighted by atomic mass is 10.2. The Kier molecular flexibility index (Phi) is 4.23. The molecule has 1 aliphatic carbocycles. The SMILES string of the molecule is CC(NCCCC1CC1)c1ccc(Br)s1. The molecular weight excluding hydrogens is 270 g/mol. The first-order chi connectivity index (χ1) is 7.25. The molecule has 2 rings (SSSR count). The molecule has 1 nitrogen and oxygen atoms in total. The zero-order chi connectivity index (χ0) is 10.7. The van der Waals surface area contributed by atoms with E-state index in [0.29, 0.717) is 6.04 Å². The summed E-state index contributed by atoms with van der Waals surface area (Å²) in [6.07, 6.45) is 5.72. The van der Waals surface area contributed by atoms with E-state index in [0.717, 1.165) is 12.5 Å². The normalized spacial score (nSPS) is 18.0. The number of rotatable bonds is 6. The first kappa shape index (κ1) is 11.6. The Morgan fingerprint density at radius 1 is 1.53 bits per heavy atom. The predicted molar refractivity (Wildman–Crippen MR) is 70.4 cm³/mol.